The molecule has 0 aliphatic heterocycles. The summed E-state index contributed by atoms with van der Waals surface area (Å²) in [5, 5.41) is 11.8. The molecule has 6 nitrogen and oxygen atoms in total. The SMILES string of the molecule is CC(Oc1ccnc2ccccc12)c1occc1[N+](=O)[O-]. The lowest BCUT2D eigenvalue weighted by Crippen LogP contribution is -2.05. The fraction of sp³-hybridized carbons (Fsp3) is 0.133. The molecule has 0 radical (unpaired) electrons. The number of pyridine rings is 1. The van der Waals surface area contributed by atoms with Crippen LogP contribution in [0.2, 0.25) is 0 Å². The molecular weight excluding hydrogens is 272 g/mol. The van der Waals surface area contributed by atoms with Crippen molar-refractivity contribution in [3.05, 3.63) is 64.7 Å². The Morgan fingerprint density at radius 3 is 2.90 bits per heavy atom. The van der Waals surface area contributed by atoms with Gasteiger partial charge in [0.15, 0.2) is 6.10 Å². The third kappa shape index (κ3) is 2.43. The quantitative estimate of drug-likeness (QED) is 0.536. The Balaban J connectivity index is 1.95. The van der Waals surface area contributed by atoms with Crippen molar-refractivity contribution < 1.29 is 14.1 Å². The Hall–Kier alpha value is -2.89. The summed E-state index contributed by atoms with van der Waals surface area (Å²) in [4.78, 5) is 14.7. The molecular formula is C15H12N2O4. The lowest BCUT2D eigenvalue weighted by molar-refractivity contribution is -0.386. The normalized spacial score (nSPS) is 12.2. The molecule has 1 atom stereocenters. The van der Waals surface area contributed by atoms with Crippen molar-refractivity contribution in [1.29, 1.82) is 0 Å². The van der Waals surface area contributed by atoms with Crippen LogP contribution in [0.3, 0.4) is 0 Å². The van der Waals surface area contributed by atoms with Crippen molar-refractivity contribution >= 4 is 16.6 Å². The average Bonchev–Trinajstić information content (AvgIpc) is 2.97. The highest BCUT2D eigenvalue weighted by Gasteiger charge is 2.24. The minimum absolute atomic E-state index is 0.0825. The third-order valence-electron chi connectivity index (χ3n) is 3.15. The van der Waals surface area contributed by atoms with Gasteiger partial charge in [0.1, 0.15) is 5.75 Å². The number of hydrogen-bond acceptors (Lipinski definition) is 5. The van der Waals surface area contributed by atoms with Crippen LogP contribution in [0.15, 0.2) is 53.3 Å². The van der Waals surface area contributed by atoms with Crippen molar-refractivity contribution in [1.82, 2.24) is 4.98 Å². The molecule has 106 valence electrons. The van der Waals surface area contributed by atoms with E-state index in [-0.39, 0.29) is 11.4 Å². The standard InChI is InChI=1S/C15H12N2O4/c1-10(15-13(17(18)19)7-9-20-15)21-14-6-8-16-12-5-3-2-4-11(12)14/h2-10H,1H3. The zero-order valence-electron chi connectivity index (χ0n) is 11.2. The highest BCUT2D eigenvalue weighted by atomic mass is 16.6. The van der Waals surface area contributed by atoms with E-state index in [1.807, 2.05) is 24.3 Å². The summed E-state index contributed by atoms with van der Waals surface area (Å²) in [6.07, 6.45) is 2.35. The second-order valence-electron chi connectivity index (χ2n) is 4.51. The molecule has 0 aliphatic carbocycles. The Morgan fingerprint density at radius 2 is 2.10 bits per heavy atom. The molecule has 2 heterocycles. The first-order valence-corrected chi connectivity index (χ1v) is 6.39. The topological polar surface area (TPSA) is 78.4 Å². The molecule has 6 heteroatoms. The first-order valence-electron chi connectivity index (χ1n) is 6.39. The highest BCUT2D eigenvalue weighted by molar-refractivity contribution is 5.84. The molecule has 0 aliphatic rings. The molecule has 0 bridgehead atoms. The number of nitro groups is 1. The van der Waals surface area contributed by atoms with Gasteiger partial charge in [-0.05, 0) is 25.1 Å². The molecule has 2 aromatic heterocycles. The second-order valence-corrected chi connectivity index (χ2v) is 4.51. The van der Waals surface area contributed by atoms with Gasteiger partial charge in [-0.3, -0.25) is 15.1 Å². The molecule has 1 aromatic carbocycles. The van der Waals surface area contributed by atoms with Crippen molar-refractivity contribution in [2.24, 2.45) is 0 Å². The largest absolute Gasteiger partial charge is 0.482 e. The molecule has 0 saturated heterocycles. The summed E-state index contributed by atoms with van der Waals surface area (Å²) in [5.74, 6) is 0.805. The maximum absolute atomic E-state index is 10.9. The molecule has 21 heavy (non-hydrogen) atoms. The molecule has 3 aromatic rings. The summed E-state index contributed by atoms with van der Waals surface area (Å²) >= 11 is 0. The minimum Gasteiger partial charge on any atom is -0.482 e. The molecule has 0 spiro atoms. The fourth-order valence-corrected chi connectivity index (χ4v) is 2.19. The Labute approximate surface area is 120 Å². The van der Waals surface area contributed by atoms with E-state index in [0.717, 1.165) is 10.9 Å². The van der Waals surface area contributed by atoms with Crippen LogP contribution in [-0.4, -0.2) is 9.91 Å². The van der Waals surface area contributed by atoms with Gasteiger partial charge in [0.05, 0.1) is 22.8 Å². The van der Waals surface area contributed by atoms with Gasteiger partial charge in [-0.2, -0.15) is 0 Å². The summed E-state index contributed by atoms with van der Waals surface area (Å²) in [6, 6.07) is 10.6. The maximum Gasteiger partial charge on any atom is 0.314 e. The predicted octanol–water partition coefficient (Wildman–Crippen LogP) is 3.88. The van der Waals surface area contributed by atoms with Crippen LogP contribution in [0.1, 0.15) is 18.8 Å². The van der Waals surface area contributed by atoms with Gasteiger partial charge in [-0.1, -0.05) is 12.1 Å². The summed E-state index contributed by atoms with van der Waals surface area (Å²) in [7, 11) is 0. The molecule has 0 N–H and O–H groups in total. The van der Waals surface area contributed by atoms with Gasteiger partial charge >= 0.3 is 5.69 Å². The molecule has 0 amide bonds. The second kappa shape index (κ2) is 5.24. The van der Waals surface area contributed by atoms with Gasteiger partial charge in [-0.25, -0.2) is 0 Å². The van der Waals surface area contributed by atoms with E-state index in [4.69, 9.17) is 9.15 Å². The van der Waals surface area contributed by atoms with Crippen LogP contribution in [-0.2, 0) is 0 Å². The lowest BCUT2D eigenvalue weighted by Gasteiger charge is -2.13. The lowest BCUT2D eigenvalue weighted by atomic mass is 10.2. The maximum atomic E-state index is 10.9. The van der Waals surface area contributed by atoms with Crippen LogP contribution in [0, 0.1) is 10.1 Å². The summed E-state index contributed by atoms with van der Waals surface area (Å²) < 4.78 is 11.0. The van der Waals surface area contributed by atoms with Gasteiger partial charge in [0, 0.05) is 11.6 Å². The average molecular weight is 284 g/mol. The van der Waals surface area contributed by atoms with E-state index in [1.54, 1.807) is 19.2 Å². The molecule has 3 rings (SSSR count). The highest BCUT2D eigenvalue weighted by Crippen LogP contribution is 2.32. The Morgan fingerprint density at radius 1 is 1.29 bits per heavy atom. The molecule has 0 saturated carbocycles. The zero-order valence-corrected chi connectivity index (χ0v) is 11.2. The van der Waals surface area contributed by atoms with Crippen molar-refractivity contribution in [2.75, 3.05) is 0 Å². The van der Waals surface area contributed by atoms with E-state index in [1.165, 1.54) is 12.3 Å². The fourth-order valence-electron chi connectivity index (χ4n) is 2.19. The van der Waals surface area contributed by atoms with Crippen LogP contribution in [0.25, 0.3) is 10.9 Å². The number of para-hydroxylation sites is 1. The van der Waals surface area contributed by atoms with Gasteiger partial charge in [0.2, 0.25) is 5.76 Å². The van der Waals surface area contributed by atoms with Gasteiger partial charge in [0.25, 0.3) is 0 Å². The molecule has 1 unspecified atom stereocenters. The van der Waals surface area contributed by atoms with E-state index >= 15 is 0 Å². The van der Waals surface area contributed by atoms with E-state index in [9.17, 15) is 10.1 Å². The number of furan rings is 1. The number of nitrogens with zero attached hydrogens (tertiary/aromatic N) is 2. The van der Waals surface area contributed by atoms with Crippen molar-refractivity contribution in [2.45, 2.75) is 13.0 Å². The van der Waals surface area contributed by atoms with Crippen LogP contribution in [0.4, 0.5) is 5.69 Å². The summed E-state index contributed by atoms with van der Waals surface area (Å²) in [5.41, 5.74) is 0.719. The number of fused-ring (bicyclic) bond motifs is 1. The molecule has 0 fully saturated rings. The van der Waals surface area contributed by atoms with Crippen molar-refractivity contribution in [3.63, 3.8) is 0 Å². The number of aromatic nitrogens is 1. The zero-order chi connectivity index (χ0) is 14.8. The van der Waals surface area contributed by atoms with Crippen LogP contribution >= 0.6 is 0 Å². The first-order chi connectivity index (χ1) is 10.2. The first kappa shape index (κ1) is 13.1. The number of benzene rings is 1. The summed E-state index contributed by atoms with van der Waals surface area (Å²) in [6.45, 7) is 1.71. The Bertz CT molecular complexity index is 792. The van der Waals surface area contributed by atoms with Gasteiger partial charge < -0.3 is 9.15 Å². The predicted molar refractivity (Wildman–Crippen MR) is 76.1 cm³/mol. The smallest absolute Gasteiger partial charge is 0.314 e. The minimum atomic E-state index is -0.578. The van der Waals surface area contributed by atoms with Gasteiger partial charge in [-0.15, -0.1) is 0 Å². The third-order valence-corrected chi connectivity index (χ3v) is 3.15. The number of ether oxygens (including phenoxy) is 1. The van der Waals surface area contributed by atoms with Crippen LogP contribution < -0.4 is 4.74 Å². The van der Waals surface area contributed by atoms with Crippen molar-refractivity contribution in [3.8, 4) is 5.75 Å². The van der Waals surface area contributed by atoms with Crippen LogP contribution in [0.5, 0.6) is 5.75 Å². The van der Waals surface area contributed by atoms with E-state index in [0.29, 0.717) is 5.75 Å². The number of hydrogen-bond donors (Lipinski definition) is 0. The van der Waals surface area contributed by atoms with E-state index < -0.39 is 11.0 Å². The van der Waals surface area contributed by atoms with E-state index in [2.05, 4.69) is 4.98 Å². The number of rotatable bonds is 4. The monoisotopic (exact) mass is 284 g/mol. The Kier molecular flexibility index (Phi) is 3.27.